The first-order chi connectivity index (χ1) is 13.8. The fraction of sp³-hybridized carbons (Fsp3) is 0.652. The number of thiazole rings is 1. The summed E-state index contributed by atoms with van der Waals surface area (Å²) in [6, 6.07) is 9.05. The Hall–Kier alpha value is -1.46. The first-order valence-corrected chi connectivity index (χ1v) is 12.0. The Morgan fingerprint density at radius 1 is 1.04 bits per heavy atom. The van der Waals surface area contributed by atoms with Gasteiger partial charge in [-0.25, -0.2) is 4.98 Å². The van der Waals surface area contributed by atoms with Crippen molar-refractivity contribution in [1.82, 2.24) is 14.8 Å². The molecule has 1 aromatic heterocycles. The molecule has 3 atom stereocenters. The molecule has 0 bridgehead atoms. The van der Waals surface area contributed by atoms with Gasteiger partial charge in [-0.3, -0.25) is 9.69 Å². The second-order valence-electron chi connectivity index (χ2n) is 8.92. The van der Waals surface area contributed by atoms with Crippen LogP contribution in [0.25, 0.3) is 10.2 Å². The van der Waals surface area contributed by atoms with Crippen LogP contribution >= 0.6 is 11.3 Å². The molecule has 1 aromatic carbocycles. The van der Waals surface area contributed by atoms with Crippen LogP contribution in [0.3, 0.4) is 0 Å². The maximum absolute atomic E-state index is 13.2. The van der Waals surface area contributed by atoms with Crippen LogP contribution in [0.1, 0.15) is 62.3 Å². The molecule has 3 fully saturated rings. The molecule has 4 nitrogen and oxygen atoms in total. The molecule has 1 aliphatic carbocycles. The average molecular weight is 398 g/mol. The van der Waals surface area contributed by atoms with Crippen LogP contribution in [-0.4, -0.2) is 52.9 Å². The topological polar surface area (TPSA) is 36.4 Å². The number of carbonyl (C=O) groups excluding carboxylic acids is 1. The van der Waals surface area contributed by atoms with E-state index in [1.54, 1.807) is 0 Å². The normalized spacial score (nSPS) is 29.0. The van der Waals surface area contributed by atoms with Crippen molar-refractivity contribution < 1.29 is 4.79 Å². The van der Waals surface area contributed by atoms with Gasteiger partial charge in [-0.2, -0.15) is 0 Å². The molecule has 5 heteroatoms. The van der Waals surface area contributed by atoms with Crippen molar-refractivity contribution in [3.05, 3.63) is 29.3 Å². The van der Waals surface area contributed by atoms with E-state index in [4.69, 9.17) is 4.98 Å². The first-order valence-electron chi connectivity index (χ1n) is 11.2. The number of carbonyl (C=O) groups is 1. The summed E-state index contributed by atoms with van der Waals surface area (Å²) in [7, 11) is 0. The minimum atomic E-state index is 0.344. The van der Waals surface area contributed by atoms with Crippen LogP contribution in [0.2, 0.25) is 0 Å². The Balaban J connectivity index is 1.25. The van der Waals surface area contributed by atoms with E-state index < -0.39 is 0 Å². The SMILES string of the molecule is O=C(CN1CCC[C@H]2CCCC[C@@H]21)N1CCC[C@@H](c2nc3ccccc3s2)C1. The second kappa shape index (κ2) is 8.11. The van der Waals surface area contributed by atoms with Crippen molar-refractivity contribution in [3.8, 4) is 0 Å². The summed E-state index contributed by atoms with van der Waals surface area (Å²) in [4.78, 5) is 22.7. The zero-order chi connectivity index (χ0) is 18.9. The number of hydrogen-bond acceptors (Lipinski definition) is 4. The van der Waals surface area contributed by atoms with E-state index in [2.05, 4.69) is 34.1 Å². The molecular formula is C23H31N3OS. The summed E-state index contributed by atoms with van der Waals surface area (Å²) in [6.45, 7) is 3.51. The quantitative estimate of drug-likeness (QED) is 0.756. The van der Waals surface area contributed by atoms with Gasteiger partial charge in [-0.15, -0.1) is 11.3 Å². The van der Waals surface area contributed by atoms with Crippen LogP contribution in [-0.2, 0) is 4.79 Å². The van der Waals surface area contributed by atoms with Gasteiger partial charge in [0.25, 0.3) is 0 Å². The van der Waals surface area contributed by atoms with Crippen molar-refractivity contribution in [2.75, 3.05) is 26.2 Å². The standard InChI is InChI=1S/C23H31N3OS/c27-22(16-25-13-5-8-17-7-1-3-11-20(17)25)26-14-6-9-18(15-26)23-24-19-10-2-4-12-21(19)28-23/h2,4,10,12,17-18,20H,1,3,5-9,11,13-16H2/t17-,18-,20+/m1/s1. The van der Waals surface area contributed by atoms with Crippen molar-refractivity contribution in [2.45, 2.75) is 63.3 Å². The summed E-state index contributed by atoms with van der Waals surface area (Å²) in [5, 5.41) is 1.21. The monoisotopic (exact) mass is 397 g/mol. The molecule has 0 N–H and O–H groups in total. The fourth-order valence-corrected chi connectivity index (χ4v) is 6.76. The minimum absolute atomic E-state index is 0.344. The van der Waals surface area contributed by atoms with Crippen LogP contribution < -0.4 is 0 Å². The van der Waals surface area contributed by atoms with Crippen LogP contribution in [0.15, 0.2) is 24.3 Å². The number of hydrogen-bond donors (Lipinski definition) is 0. The number of nitrogens with zero attached hydrogens (tertiary/aromatic N) is 3. The molecule has 0 unspecified atom stereocenters. The predicted molar refractivity (Wildman–Crippen MR) is 115 cm³/mol. The number of rotatable bonds is 3. The van der Waals surface area contributed by atoms with Crippen molar-refractivity contribution in [2.24, 2.45) is 5.92 Å². The molecule has 1 amide bonds. The number of benzene rings is 1. The zero-order valence-corrected chi connectivity index (χ0v) is 17.5. The van der Waals surface area contributed by atoms with Gasteiger partial charge in [-0.1, -0.05) is 25.0 Å². The van der Waals surface area contributed by atoms with E-state index in [1.165, 1.54) is 48.2 Å². The van der Waals surface area contributed by atoms with E-state index in [-0.39, 0.29) is 0 Å². The molecule has 28 heavy (non-hydrogen) atoms. The highest BCUT2D eigenvalue weighted by Gasteiger charge is 2.35. The maximum atomic E-state index is 13.2. The van der Waals surface area contributed by atoms with Gasteiger partial charge in [0.05, 0.1) is 21.8 Å². The molecule has 2 saturated heterocycles. The van der Waals surface area contributed by atoms with Crippen molar-refractivity contribution in [3.63, 3.8) is 0 Å². The van der Waals surface area contributed by atoms with E-state index in [1.807, 2.05) is 11.3 Å². The molecule has 150 valence electrons. The summed E-state index contributed by atoms with van der Waals surface area (Å²) in [5.41, 5.74) is 1.10. The van der Waals surface area contributed by atoms with Gasteiger partial charge in [0.2, 0.25) is 5.91 Å². The number of fused-ring (bicyclic) bond motifs is 2. The highest BCUT2D eigenvalue weighted by molar-refractivity contribution is 7.18. The predicted octanol–water partition coefficient (Wildman–Crippen LogP) is 4.66. The van der Waals surface area contributed by atoms with Gasteiger partial charge in [0.15, 0.2) is 0 Å². The Kier molecular flexibility index (Phi) is 5.38. The van der Waals surface area contributed by atoms with Gasteiger partial charge in [-0.05, 0) is 63.1 Å². The maximum Gasteiger partial charge on any atom is 0.236 e. The van der Waals surface area contributed by atoms with Gasteiger partial charge in [0.1, 0.15) is 0 Å². The molecule has 5 rings (SSSR count). The average Bonchev–Trinajstić information content (AvgIpc) is 3.18. The lowest BCUT2D eigenvalue weighted by atomic mass is 9.78. The lowest BCUT2D eigenvalue weighted by Gasteiger charge is -2.44. The molecule has 2 aromatic rings. The molecule has 3 aliphatic rings. The number of likely N-dealkylation sites (tertiary alicyclic amines) is 2. The molecule has 2 aliphatic heterocycles. The molecular weight excluding hydrogens is 366 g/mol. The third kappa shape index (κ3) is 3.71. The molecule has 3 heterocycles. The number of para-hydroxylation sites is 1. The zero-order valence-electron chi connectivity index (χ0n) is 16.7. The van der Waals surface area contributed by atoms with Crippen molar-refractivity contribution in [1.29, 1.82) is 0 Å². The third-order valence-electron chi connectivity index (χ3n) is 7.13. The summed E-state index contributed by atoms with van der Waals surface area (Å²) in [5.74, 6) is 1.59. The summed E-state index contributed by atoms with van der Waals surface area (Å²) >= 11 is 1.81. The second-order valence-corrected chi connectivity index (χ2v) is 9.99. The highest BCUT2D eigenvalue weighted by Crippen LogP contribution is 2.36. The number of aromatic nitrogens is 1. The first kappa shape index (κ1) is 18.6. The fourth-order valence-electron chi connectivity index (χ4n) is 5.67. The molecule has 0 radical (unpaired) electrons. The highest BCUT2D eigenvalue weighted by atomic mass is 32.1. The van der Waals surface area contributed by atoms with Gasteiger partial charge < -0.3 is 4.90 Å². The molecule has 1 saturated carbocycles. The van der Waals surface area contributed by atoms with Gasteiger partial charge in [0, 0.05) is 25.0 Å². The van der Waals surface area contributed by atoms with E-state index in [0.29, 0.717) is 24.4 Å². The minimum Gasteiger partial charge on any atom is -0.341 e. The van der Waals surface area contributed by atoms with Crippen LogP contribution in [0.4, 0.5) is 0 Å². The van der Waals surface area contributed by atoms with Crippen LogP contribution in [0.5, 0.6) is 0 Å². The lowest BCUT2D eigenvalue weighted by Crippen LogP contribution is -2.52. The number of piperidine rings is 2. The summed E-state index contributed by atoms with van der Waals surface area (Å²) < 4.78 is 1.26. The largest absolute Gasteiger partial charge is 0.341 e. The molecule has 0 spiro atoms. The lowest BCUT2D eigenvalue weighted by molar-refractivity contribution is -0.135. The van der Waals surface area contributed by atoms with Crippen LogP contribution in [0, 0.1) is 5.92 Å². The Morgan fingerprint density at radius 3 is 2.79 bits per heavy atom. The number of amides is 1. The van der Waals surface area contributed by atoms with Gasteiger partial charge >= 0.3 is 0 Å². The smallest absolute Gasteiger partial charge is 0.236 e. The Labute approximate surface area is 171 Å². The van der Waals surface area contributed by atoms with E-state index in [9.17, 15) is 4.79 Å². The Morgan fingerprint density at radius 2 is 1.86 bits per heavy atom. The van der Waals surface area contributed by atoms with E-state index >= 15 is 0 Å². The third-order valence-corrected chi connectivity index (χ3v) is 8.33. The Bertz CT molecular complexity index is 799. The summed E-state index contributed by atoms with van der Waals surface area (Å²) in [6.07, 6.45) is 10.3. The van der Waals surface area contributed by atoms with E-state index in [0.717, 1.165) is 43.9 Å². The van der Waals surface area contributed by atoms with Crippen molar-refractivity contribution >= 4 is 27.5 Å².